The molecule has 0 bridgehead atoms. The second-order valence-electron chi connectivity index (χ2n) is 5.25. The fourth-order valence-electron chi connectivity index (χ4n) is 2.69. The predicted molar refractivity (Wildman–Crippen MR) is 76.9 cm³/mol. The molecular weight excluding hydrogens is 238 g/mol. The monoisotopic (exact) mass is 261 g/mol. The Morgan fingerprint density at radius 1 is 1.32 bits per heavy atom. The Morgan fingerprint density at radius 2 is 1.95 bits per heavy atom. The van der Waals surface area contributed by atoms with Crippen LogP contribution in [0, 0.1) is 0 Å². The Kier molecular flexibility index (Phi) is 4.93. The van der Waals surface area contributed by atoms with Crippen LogP contribution in [-0.2, 0) is 4.79 Å². The van der Waals surface area contributed by atoms with Crippen molar-refractivity contribution in [3.8, 4) is 0 Å². The van der Waals surface area contributed by atoms with Gasteiger partial charge in [0.05, 0.1) is 6.04 Å². The van der Waals surface area contributed by atoms with E-state index in [1.165, 1.54) is 5.56 Å². The Morgan fingerprint density at radius 3 is 2.53 bits per heavy atom. The van der Waals surface area contributed by atoms with Crippen molar-refractivity contribution in [2.24, 2.45) is 5.73 Å². The minimum absolute atomic E-state index is 0.155. The van der Waals surface area contributed by atoms with Gasteiger partial charge in [-0.2, -0.15) is 0 Å². The molecule has 3 N–H and O–H groups in total. The summed E-state index contributed by atoms with van der Waals surface area (Å²) >= 11 is 0. The minimum atomic E-state index is -0.204. The van der Waals surface area contributed by atoms with Crippen molar-refractivity contribution in [3.05, 3.63) is 35.9 Å². The molecule has 1 saturated heterocycles. The van der Waals surface area contributed by atoms with Crippen molar-refractivity contribution >= 4 is 5.91 Å². The van der Waals surface area contributed by atoms with Gasteiger partial charge in [-0.05, 0) is 17.9 Å². The summed E-state index contributed by atoms with van der Waals surface area (Å²) in [5, 5.41) is 3.30. The Bertz CT molecular complexity index is 401. The molecular formula is C15H23N3O. The fraction of sp³-hybridized carbons (Fsp3) is 0.533. The summed E-state index contributed by atoms with van der Waals surface area (Å²) < 4.78 is 0. The molecule has 0 aromatic heterocycles. The second-order valence-corrected chi connectivity index (χ2v) is 5.25. The number of amides is 1. The highest BCUT2D eigenvalue weighted by atomic mass is 16.1. The average Bonchev–Trinajstić information content (AvgIpc) is 2.46. The zero-order valence-electron chi connectivity index (χ0n) is 11.5. The standard InChI is InChI=1S/C15H23N3O/c1-12(13-5-3-2-4-6-13)11-14(15(16)19)18-9-7-17-8-10-18/h2-6,12,14,17H,7-11H2,1H3,(H2,16,19). The average molecular weight is 261 g/mol. The highest BCUT2D eigenvalue weighted by Gasteiger charge is 2.27. The summed E-state index contributed by atoms with van der Waals surface area (Å²) in [6.45, 7) is 5.82. The number of piperazine rings is 1. The van der Waals surface area contributed by atoms with Gasteiger partial charge >= 0.3 is 0 Å². The summed E-state index contributed by atoms with van der Waals surface area (Å²) in [4.78, 5) is 13.9. The van der Waals surface area contributed by atoms with E-state index in [9.17, 15) is 4.79 Å². The molecule has 1 aliphatic heterocycles. The SMILES string of the molecule is CC(CC(C(N)=O)N1CCNCC1)c1ccccc1. The molecule has 4 nitrogen and oxygen atoms in total. The normalized spacial score (nSPS) is 19.8. The number of primary amides is 1. The number of carbonyl (C=O) groups is 1. The number of hydrogen-bond donors (Lipinski definition) is 2. The van der Waals surface area contributed by atoms with Gasteiger partial charge < -0.3 is 11.1 Å². The van der Waals surface area contributed by atoms with Crippen LogP contribution >= 0.6 is 0 Å². The van der Waals surface area contributed by atoms with E-state index in [1.54, 1.807) is 0 Å². The van der Waals surface area contributed by atoms with Crippen LogP contribution in [0.5, 0.6) is 0 Å². The van der Waals surface area contributed by atoms with Crippen molar-refractivity contribution in [2.45, 2.75) is 25.3 Å². The largest absolute Gasteiger partial charge is 0.368 e. The molecule has 0 aliphatic carbocycles. The molecule has 1 amide bonds. The van der Waals surface area contributed by atoms with E-state index in [0.29, 0.717) is 5.92 Å². The van der Waals surface area contributed by atoms with Gasteiger partial charge in [0.2, 0.25) is 5.91 Å². The van der Waals surface area contributed by atoms with Crippen molar-refractivity contribution < 1.29 is 4.79 Å². The van der Waals surface area contributed by atoms with E-state index in [4.69, 9.17) is 5.73 Å². The van der Waals surface area contributed by atoms with Crippen molar-refractivity contribution in [2.75, 3.05) is 26.2 Å². The third-order valence-corrected chi connectivity index (χ3v) is 3.87. The van der Waals surface area contributed by atoms with Gasteiger partial charge in [-0.1, -0.05) is 37.3 Å². The number of benzene rings is 1. The minimum Gasteiger partial charge on any atom is -0.368 e. The lowest BCUT2D eigenvalue weighted by molar-refractivity contribution is -0.123. The van der Waals surface area contributed by atoms with Gasteiger partial charge in [0.15, 0.2) is 0 Å². The molecule has 1 aliphatic rings. The summed E-state index contributed by atoms with van der Waals surface area (Å²) in [7, 11) is 0. The van der Waals surface area contributed by atoms with E-state index in [2.05, 4.69) is 29.3 Å². The number of nitrogens with zero attached hydrogens (tertiary/aromatic N) is 1. The van der Waals surface area contributed by atoms with E-state index in [-0.39, 0.29) is 11.9 Å². The van der Waals surface area contributed by atoms with Crippen LogP contribution in [0.1, 0.15) is 24.8 Å². The number of hydrogen-bond acceptors (Lipinski definition) is 3. The van der Waals surface area contributed by atoms with Gasteiger partial charge in [-0.15, -0.1) is 0 Å². The summed E-state index contributed by atoms with van der Waals surface area (Å²) in [6.07, 6.45) is 0.791. The van der Waals surface area contributed by atoms with Crippen LogP contribution in [0.4, 0.5) is 0 Å². The first-order valence-electron chi connectivity index (χ1n) is 6.97. The highest BCUT2D eigenvalue weighted by molar-refractivity contribution is 5.80. The molecule has 1 heterocycles. The first-order chi connectivity index (χ1) is 9.18. The highest BCUT2D eigenvalue weighted by Crippen LogP contribution is 2.22. The molecule has 1 fully saturated rings. The van der Waals surface area contributed by atoms with Gasteiger partial charge in [0, 0.05) is 26.2 Å². The summed E-state index contributed by atoms with van der Waals surface area (Å²) in [5.41, 5.74) is 6.86. The Balaban J connectivity index is 2.02. The van der Waals surface area contributed by atoms with E-state index >= 15 is 0 Å². The first kappa shape index (κ1) is 14.0. The maximum absolute atomic E-state index is 11.7. The van der Waals surface area contributed by atoms with E-state index < -0.39 is 0 Å². The van der Waals surface area contributed by atoms with Gasteiger partial charge in [-0.25, -0.2) is 0 Å². The van der Waals surface area contributed by atoms with Crippen molar-refractivity contribution in [1.29, 1.82) is 0 Å². The van der Waals surface area contributed by atoms with E-state index in [0.717, 1.165) is 32.6 Å². The summed E-state index contributed by atoms with van der Waals surface area (Å²) in [6, 6.07) is 10.2. The lowest BCUT2D eigenvalue weighted by Crippen LogP contribution is -2.53. The van der Waals surface area contributed by atoms with Crippen molar-refractivity contribution in [1.82, 2.24) is 10.2 Å². The molecule has 0 radical (unpaired) electrons. The lowest BCUT2D eigenvalue weighted by atomic mass is 9.92. The summed E-state index contributed by atoms with van der Waals surface area (Å²) in [5.74, 6) is 0.137. The molecule has 2 atom stereocenters. The smallest absolute Gasteiger partial charge is 0.234 e. The fourth-order valence-corrected chi connectivity index (χ4v) is 2.69. The maximum Gasteiger partial charge on any atom is 0.234 e. The molecule has 4 heteroatoms. The third kappa shape index (κ3) is 3.78. The number of carbonyl (C=O) groups excluding carboxylic acids is 1. The lowest BCUT2D eigenvalue weighted by Gasteiger charge is -2.34. The zero-order valence-corrected chi connectivity index (χ0v) is 11.5. The molecule has 1 aromatic rings. The Labute approximate surface area is 115 Å². The zero-order chi connectivity index (χ0) is 13.7. The molecule has 0 saturated carbocycles. The molecule has 19 heavy (non-hydrogen) atoms. The van der Waals surface area contributed by atoms with Crippen LogP contribution < -0.4 is 11.1 Å². The number of rotatable bonds is 5. The van der Waals surface area contributed by atoms with Crippen LogP contribution in [0.15, 0.2) is 30.3 Å². The molecule has 0 spiro atoms. The van der Waals surface area contributed by atoms with Crippen LogP contribution in [0.3, 0.4) is 0 Å². The molecule has 2 unspecified atom stereocenters. The van der Waals surface area contributed by atoms with Crippen LogP contribution in [0.25, 0.3) is 0 Å². The predicted octanol–water partition coefficient (Wildman–Crippen LogP) is 0.939. The van der Waals surface area contributed by atoms with Crippen molar-refractivity contribution in [3.63, 3.8) is 0 Å². The van der Waals surface area contributed by atoms with Crippen LogP contribution in [0.2, 0.25) is 0 Å². The molecule has 104 valence electrons. The first-order valence-corrected chi connectivity index (χ1v) is 6.97. The second kappa shape index (κ2) is 6.68. The number of nitrogens with two attached hydrogens (primary N) is 1. The van der Waals surface area contributed by atoms with Gasteiger partial charge in [0.1, 0.15) is 0 Å². The third-order valence-electron chi connectivity index (χ3n) is 3.87. The van der Waals surface area contributed by atoms with Crippen LogP contribution in [-0.4, -0.2) is 43.0 Å². The van der Waals surface area contributed by atoms with Gasteiger partial charge in [0.25, 0.3) is 0 Å². The van der Waals surface area contributed by atoms with E-state index in [1.807, 2.05) is 18.2 Å². The topological polar surface area (TPSA) is 58.4 Å². The maximum atomic E-state index is 11.7. The Hall–Kier alpha value is -1.39. The molecule has 2 rings (SSSR count). The number of nitrogens with one attached hydrogen (secondary N) is 1. The molecule has 1 aromatic carbocycles. The quantitative estimate of drug-likeness (QED) is 0.829. The van der Waals surface area contributed by atoms with Gasteiger partial charge in [-0.3, -0.25) is 9.69 Å².